The van der Waals surface area contributed by atoms with Crippen LogP contribution in [0.2, 0.25) is 0 Å². The van der Waals surface area contributed by atoms with Gasteiger partial charge in [-0.25, -0.2) is 4.98 Å². The molecule has 1 saturated heterocycles. The summed E-state index contributed by atoms with van der Waals surface area (Å²) in [5.41, 5.74) is 3.60. The van der Waals surface area contributed by atoms with E-state index in [1.807, 2.05) is 21.1 Å². The molecule has 4 heterocycles. The van der Waals surface area contributed by atoms with Crippen molar-refractivity contribution in [1.29, 1.82) is 0 Å². The predicted octanol–water partition coefficient (Wildman–Crippen LogP) is 4.35. The van der Waals surface area contributed by atoms with Crippen LogP contribution in [0.4, 0.5) is 0 Å². The van der Waals surface area contributed by atoms with Gasteiger partial charge in [0.15, 0.2) is 5.65 Å². The van der Waals surface area contributed by atoms with Crippen LogP contribution in [0, 0.1) is 5.92 Å². The molecule has 0 bridgehead atoms. The summed E-state index contributed by atoms with van der Waals surface area (Å²) in [6, 6.07) is 14.6. The van der Waals surface area contributed by atoms with Gasteiger partial charge in [-0.05, 0) is 69.3 Å². The molecule has 0 atom stereocenters. The van der Waals surface area contributed by atoms with E-state index in [-0.39, 0.29) is 5.56 Å². The van der Waals surface area contributed by atoms with Gasteiger partial charge in [0.2, 0.25) is 5.88 Å². The number of benzene rings is 1. The van der Waals surface area contributed by atoms with Crippen LogP contribution in [-0.2, 0) is 19.4 Å². The maximum atomic E-state index is 13.4. The van der Waals surface area contributed by atoms with Crippen LogP contribution in [0.3, 0.4) is 0 Å². The number of ether oxygens (including phenoxy) is 1. The lowest BCUT2D eigenvalue weighted by Gasteiger charge is -2.32. The average Bonchev–Trinajstić information content (AvgIpc) is 3.32. The molecular formula is C28H35N5O2. The molecular weight excluding hydrogens is 438 g/mol. The first-order chi connectivity index (χ1) is 17.2. The molecule has 1 aliphatic heterocycles. The summed E-state index contributed by atoms with van der Waals surface area (Å²) in [6.45, 7) is 6.05. The fourth-order valence-electron chi connectivity index (χ4n) is 5.37. The number of piperidine rings is 1. The van der Waals surface area contributed by atoms with Crippen molar-refractivity contribution in [1.82, 2.24) is 23.8 Å². The highest BCUT2D eigenvalue weighted by molar-refractivity contribution is 5.76. The van der Waals surface area contributed by atoms with Crippen molar-refractivity contribution >= 4 is 16.7 Å². The Kier molecular flexibility index (Phi) is 7.13. The van der Waals surface area contributed by atoms with Crippen LogP contribution < -0.4 is 10.3 Å². The van der Waals surface area contributed by atoms with E-state index in [0.29, 0.717) is 17.9 Å². The second-order valence-corrected chi connectivity index (χ2v) is 9.63. The first-order valence-electron chi connectivity index (χ1n) is 12.9. The van der Waals surface area contributed by atoms with E-state index < -0.39 is 0 Å². The van der Waals surface area contributed by atoms with Gasteiger partial charge in [-0.1, -0.05) is 37.3 Å². The van der Waals surface area contributed by atoms with E-state index in [0.717, 1.165) is 61.8 Å². The SMILES string of the molecule is CCCc1ncc2c(=O)n(CCCN3CCC(Cc4ccccc4)CC3)c3ccc(OC)nc3n12. The maximum absolute atomic E-state index is 13.4. The monoisotopic (exact) mass is 473 g/mol. The number of nitrogens with zero attached hydrogens (tertiary/aromatic N) is 5. The Bertz CT molecular complexity index is 1340. The number of fused-ring (bicyclic) bond motifs is 3. The van der Waals surface area contributed by atoms with Crippen LogP contribution in [0.25, 0.3) is 16.7 Å². The smallest absolute Gasteiger partial charge is 0.277 e. The molecule has 1 aromatic carbocycles. The van der Waals surface area contributed by atoms with Crippen molar-refractivity contribution in [2.24, 2.45) is 5.92 Å². The molecule has 0 N–H and O–H groups in total. The Balaban J connectivity index is 1.29. The Hall–Kier alpha value is -3.19. The van der Waals surface area contributed by atoms with Gasteiger partial charge < -0.3 is 14.2 Å². The molecule has 0 spiro atoms. The van der Waals surface area contributed by atoms with Crippen LogP contribution in [-0.4, -0.2) is 50.6 Å². The lowest BCUT2D eigenvalue weighted by molar-refractivity contribution is 0.180. The molecule has 0 radical (unpaired) electrons. The van der Waals surface area contributed by atoms with E-state index in [1.54, 1.807) is 13.3 Å². The Labute approximate surface area is 206 Å². The third-order valence-electron chi connectivity index (χ3n) is 7.24. The summed E-state index contributed by atoms with van der Waals surface area (Å²) in [6.07, 6.45) is 8.03. The number of methoxy groups -OCH3 is 1. The molecule has 35 heavy (non-hydrogen) atoms. The molecule has 5 rings (SSSR count). The van der Waals surface area contributed by atoms with E-state index >= 15 is 0 Å². The molecule has 0 unspecified atom stereocenters. The maximum Gasteiger partial charge on any atom is 0.277 e. The summed E-state index contributed by atoms with van der Waals surface area (Å²) in [5.74, 6) is 2.18. The third-order valence-corrected chi connectivity index (χ3v) is 7.24. The van der Waals surface area contributed by atoms with Crippen molar-refractivity contribution in [3.8, 4) is 5.88 Å². The average molecular weight is 474 g/mol. The van der Waals surface area contributed by atoms with Gasteiger partial charge in [0.05, 0.1) is 18.8 Å². The topological polar surface area (TPSA) is 64.7 Å². The van der Waals surface area contributed by atoms with Gasteiger partial charge in [-0.2, -0.15) is 4.98 Å². The summed E-state index contributed by atoms with van der Waals surface area (Å²) in [7, 11) is 1.62. The minimum absolute atomic E-state index is 0.000823. The fraction of sp³-hybridized carbons (Fsp3) is 0.464. The van der Waals surface area contributed by atoms with Crippen LogP contribution in [0.15, 0.2) is 53.5 Å². The highest BCUT2D eigenvalue weighted by atomic mass is 16.5. The van der Waals surface area contributed by atoms with Crippen molar-refractivity contribution in [3.05, 3.63) is 70.4 Å². The van der Waals surface area contributed by atoms with E-state index in [2.05, 4.69) is 47.1 Å². The predicted molar refractivity (Wildman–Crippen MR) is 139 cm³/mol. The van der Waals surface area contributed by atoms with Crippen molar-refractivity contribution in [3.63, 3.8) is 0 Å². The standard InChI is InChI=1S/C28H35N5O2/c1-3-8-25-29-20-24-28(34)32(23-11-12-26(35-2)30-27(23)33(24)25)16-7-15-31-17-13-22(14-18-31)19-21-9-5-4-6-10-21/h4-6,9-12,20,22H,3,7-8,13-19H2,1-2H3. The molecule has 7 nitrogen and oxygen atoms in total. The molecule has 0 amide bonds. The summed E-state index contributed by atoms with van der Waals surface area (Å²) >= 11 is 0. The van der Waals surface area contributed by atoms with Gasteiger partial charge in [0.1, 0.15) is 11.3 Å². The highest BCUT2D eigenvalue weighted by Gasteiger charge is 2.20. The normalized spacial score (nSPS) is 15.3. The number of pyridine rings is 1. The van der Waals surface area contributed by atoms with Crippen molar-refractivity contribution in [2.45, 2.75) is 52.0 Å². The van der Waals surface area contributed by atoms with E-state index in [1.165, 1.54) is 24.8 Å². The number of likely N-dealkylation sites (tertiary alicyclic amines) is 1. The van der Waals surface area contributed by atoms with Crippen LogP contribution >= 0.6 is 0 Å². The second kappa shape index (κ2) is 10.6. The minimum atomic E-state index is 0.000823. The van der Waals surface area contributed by atoms with Gasteiger partial charge in [-0.15, -0.1) is 0 Å². The van der Waals surface area contributed by atoms with E-state index in [4.69, 9.17) is 9.72 Å². The van der Waals surface area contributed by atoms with Crippen molar-refractivity contribution in [2.75, 3.05) is 26.7 Å². The van der Waals surface area contributed by atoms with Crippen LogP contribution in [0.5, 0.6) is 5.88 Å². The molecule has 184 valence electrons. The number of aromatic nitrogens is 4. The lowest BCUT2D eigenvalue weighted by Crippen LogP contribution is -2.35. The molecule has 4 aromatic rings. The van der Waals surface area contributed by atoms with Crippen molar-refractivity contribution < 1.29 is 4.74 Å². The number of hydrogen-bond donors (Lipinski definition) is 0. The summed E-state index contributed by atoms with van der Waals surface area (Å²) in [4.78, 5) is 25.2. The first-order valence-corrected chi connectivity index (χ1v) is 12.9. The number of aryl methyl sites for hydroxylation is 2. The number of imidazole rings is 1. The Morgan fingerprint density at radius 2 is 1.83 bits per heavy atom. The Morgan fingerprint density at radius 1 is 1.03 bits per heavy atom. The zero-order valence-corrected chi connectivity index (χ0v) is 20.8. The molecule has 0 aliphatic carbocycles. The van der Waals surface area contributed by atoms with Crippen LogP contribution in [0.1, 0.15) is 44.0 Å². The number of hydrogen-bond acceptors (Lipinski definition) is 5. The first kappa shape index (κ1) is 23.5. The molecule has 0 saturated carbocycles. The lowest BCUT2D eigenvalue weighted by atomic mass is 9.90. The van der Waals surface area contributed by atoms with Gasteiger partial charge in [0.25, 0.3) is 5.56 Å². The molecule has 3 aromatic heterocycles. The zero-order valence-electron chi connectivity index (χ0n) is 20.8. The summed E-state index contributed by atoms with van der Waals surface area (Å²) in [5, 5.41) is 0. The third kappa shape index (κ3) is 4.96. The zero-order chi connectivity index (χ0) is 24.2. The molecule has 1 aliphatic rings. The number of rotatable bonds is 9. The Morgan fingerprint density at radius 3 is 2.57 bits per heavy atom. The highest BCUT2D eigenvalue weighted by Crippen LogP contribution is 2.23. The largest absolute Gasteiger partial charge is 0.481 e. The summed E-state index contributed by atoms with van der Waals surface area (Å²) < 4.78 is 9.17. The molecule has 7 heteroatoms. The fourth-order valence-corrected chi connectivity index (χ4v) is 5.37. The van der Waals surface area contributed by atoms with Gasteiger partial charge in [0, 0.05) is 19.0 Å². The molecule has 1 fully saturated rings. The minimum Gasteiger partial charge on any atom is -0.481 e. The van der Waals surface area contributed by atoms with Gasteiger partial charge in [-0.3, -0.25) is 9.20 Å². The second-order valence-electron chi connectivity index (χ2n) is 9.63. The van der Waals surface area contributed by atoms with Gasteiger partial charge >= 0.3 is 0 Å². The quantitative estimate of drug-likeness (QED) is 0.362. The van der Waals surface area contributed by atoms with E-state index in [9.17, 15) is 4.79 Å².